The number of ether oxygens (including phenoxy) is 1. The Morgan fingerprint density at radius 1 is 1.41 bits per heavy atom. The van der Waals surface area contributed by atoms with Gasteiger partial charge in [-0.25, -0.2) is 0 Å². The molecule has 3 heterocycles. The molecule has 2 aliphatic heterocycles. The number of epoxide rings is 1. The van der Waals surface area contributed by atoms with Gasteiger partial charge in [-0.1, -0.05) is 25.1 Å². The number of para-hydroxylation sites is 1. The van der Waals surface area contributed by atoms with Gasteiger partial charge in [0.05, 0.1) is 6.61 Å². The zero-order chi connectivity index (χ0) is 15.3. The number of aromatic amines is 1. The van der Waals surface area contributed by atoms with Gasteiger partial charge in [0.1, 0.15) is 12.1 Å². The third kappa shape index (κ3) is 1.83. The van der Waals surface area contributed by atoms with E-state index < -0.39 is 0 Å². The Balaban J connectivity index is 1.81. The second kappa shape index (κ2) is 4.85. The Morgan fingerprint density at radius 2 is 2.27 bits per heavy atom. The maximum atomic E-state index is 12.0. The number of H-pyrrole nitrogens is 1. The highest BCUT2D eigenvalue weighted by atomic mass is 16.8. The number of carbonyl (C=O) groups excluding carboxylic acids is 1. The molecule has 22 heavy (non-hydrogen) atoms. The lowest BCUT2D eigenvalue weighted by molar-refractivity contribution is -0.147. The Hall–Kier alpha value is -1.81. The summed E-state index contributed by atoms with van der Waals surface area (Å²) in [7, 11) is 0. The van der Waals surface area contributed by atoms with E-state index in [1.54, 1.807) is 0 Å². The van der Waals surface area contributed by atoms with Crippen molar-refractivity contribution in [3.05, 3.63) is 35.0 Å². The summed E-state index contributed by atoms with van der Waals surface area (Å²) in [5, 5.41) is 1.32. The van der Waals surface area contributed by atoms with Crippen LogP contribution in [-0.4, -0.2) is 30.8 Å². The van der Waals surface area contributed by atoms with Crippen molar-refractivity contribution in [1.82, 2.24) is 4.98 Å². The van der Waals surface area contributed by atoms with Crippen molar-refractivity contribution >= 4 is 16.9 Å². The zero-order valence-corrected chi connectivity index (χ0v) is 13.2. The number of nitrogens with one attached hydrogen (secondary N) is 1. The van der Waals surface area contributed by atoms with Gasteiger partial charge in [0.2, 0.25) is 6.61 Å². The highest BCUT2D eigenvalue weighted by Gasteiger charge is 2.68. The summed E-state index contributed by atoms with van der Waals surface area (Å²) in [6.07, 6.45) is 2.46. The van der Waals surface area contributed by atoms with Crippen molar-refractivity contribution in [3.63, 3.8) is 0 Å². The number of aromatic nitrogens is 1. The number of hydrogen-bond donors (Lipinski definition) is 1. The average molecular weight is 300 g/mol. The van der Waals surface area contributed by atoms with Crippen molar-refractivity contribution in [2.75, 3.05) is 19.8 Å². The first-order valence-corrected chi connectivity index (χ1v) is 8.15. The largest absolute Gasteiger partial charge is 0.466 e. The molecule has 0 spiro atoms. The van der Waals surface area contributed by atoms with E-state index in [-0.39, 0.29) is 11.6 Å². The minimum atomic E-state index is -0.218. The third-order valence-electron chi connectivity index (χ3n) is 5.07. The molecule has 1 aromatic carbocycles. The zero-order valence-electron chi connectivity index (χ0n) is 13.2. The smallest absolute Gasteiger partial charge is 0.315 e. The number of hydrogen-bond acceptors (Lipinski definition) is 2. The SMILES string of the molecule is CCOC(=O)CC12C[O+]1CCc1c2[nH]c2c(CC)cccc12. The van der Waals surface area contributed by atoms with Crippen molar-refractivity contribution in [3.8, 4) is 0 Å². The maximum absolute atomic E-state index is 12.0. The predicted molar refractivity (Wildman–Crippen MR) is 85.1 cm³/mol. The van der Waals surface area contributed by atoms with Crippen LogP contribution in [0, 0.1) is 0 Å². The molecule has 0 bridgehead atoms. The van der Waals surface area contributed by atoms with Crippen LogP contribution in [0.4, 0.5) is 0 Å². The Labute approximate surface area is 130 Å². The number of carbonyl (C=O) groups is 1. The molecule has 0 amide bonds. The van der Waals surface area contributed by atoms with Gasteiger partial charge in [0, 0.05) is 17.3 Å². The third-order valence-corrected chi connectivity index (χ3v) is 5.07. The van der Waals surface area contributed by atoms with Crippen LogP contribution in [0.2, 0.25) is 0 Å². The molecule has 0 saturated carbocycles. The van der Waals surface area contributed by atoms with E-state index in [1.807, 2.05) is 6.92 Å². The molecule has 1 unspecified atom stereocenters. The van der Waals surface area contributed by atoms with Gasteiger partial charge in [-0.15, -0.1) is 0 Å². The fourth-order valence-corrected chi connectivity index (χ4v) is 3.93. The number of fused-ring (bicyclic) bond motifs is 5. The minimum Gasteiger partial charge on any atom is -0.466 e. The second-order valence-electron chi connectivity index (χ2n) is 6.24. The van der Waals surface area contributed by atoms with Gasteiger partial charge in [0.25, 0.3) is 5.60 Å². The molecule has 1 N–H and O–H groups in total. The molecule has 4 rings (SSSR count). The summed E-state index contributed by atoms with van der Waals surface area (Å²) in [4.78, 5) is 15.7. The Kier molecular flexibility index (Phi) is 3.05. The van der Waals surface area contributed by atoms with Crippen molar-refractivity contribution in [2.45, 2.75) is 38.7 Å². The molecular formula is C18H22NO3+. The molecule has 2 aliphatic rings. The molecule has 0 radical (unpaired) electrons. The predicted octanol–water partition coefficient (Wildman–Crippen LogP) is 3.00. The standard InChI is InChI=1S/C18H22NO3/c1-3-12-6-5-7-13-14-8-9-22-11-18(22,10-15(20)21-4-2)17(14)19-16(12)13/h5-7,19H,3-4,8-11H2,1-2H3/q+1. The summed E-state index contributed by atoms with van der Waals surface area (Å²) >= 11 is 0. The van der Waals surface area contributed by atoms with Gasteiger partial charge in [0.15, 0.2) is 6.61 Å². The number of aryl methyl sites for hydroxylation is 1. The monoisotopic (exact) mass is 300 g/mol. The summed E-state index contributed by atoms with van der Waals surface area (Å²) in [6.45, 7) is 6.32. The van der Waals surface area contributed by atoms with Crippen molar-refractivity contribution < 1.29 is 13.9 Å². The topological polar surface area (TPSA) is 44.8 Å². The molecular weight excluding hydrogens is 278 g/mol. The van der Waals surface area contributed by atoms with Crippen LogP contribution >= 0.6 is 0 Å². The van der Waals surface area contributed by atoms with Crippen LogP contribution in [0.3, 0.4) is 0 Å². The first-order chi connectivity index (χ1) is 10.7. The number of esters is 1. The quantitative estimate of drug-likeness (QED) is 0.536. The highest BCUT2D eigenvalue weighted by Crippen LogP contribution is 2.55. The molecule has 1 fully saturated rings. The normalized spacial score (nSPS) is 23.2. The summed E-state index contributed by atoms with van der Waals surface area (Å²) in [5.74, 6) is -0.111. The van der Waals surface area contributed by atoms with E-state index in [2.05, 4.69) is 34.5 Å². The molecule has 0 aliphatic carbocycles. The second-order valence-corrected chi connectivity index (χ2v) is 6.24. The lowest BCUT2D eigenvalue weighted by Gasteiger charge is -2.16. The van der Waals surface area contributed by atoms with Crippen LogP contribution < -0.4 is 0 Å². The van der Waals surface area contributed by atoms with Crippen molar-refractivity contribution in [2.24, 2.45) is 0 Å². The van der Waals surface area contributed by atoms with Gasteiger partial charge in [-0.2, -0.15) is 0 Å². The lowest BCUT2D eigenvalue weighted by Crippen LogP contribution is -2.25. The van der Waals surface area contributed by atoms with E-state index in [9.17, 15) is 4.79 Å². The van der Waals surface area contributed by atoms with E-state index in [0.29, 0.717) is 13.0 Å². The molecule has 4 nitrogen and oxygen atoms in total. The van der Waals surface area contributed by atoms with Crippen LogP contribution in [0.15, 0.2) is 18.2 Å². The van der Waals surface area contributed by atoms with Crippen molar-refractivity contribution in [1.29, 1.82) is 0 Å². The first kappa shape index (κ1) is 13.8. The average Bonchev–Trinajstić information content (AvgIpc) is 3.09. The maximum Gasteiger partial charge on any atom is 0.315 e. The van der Waals surface area contributed by atoms with Gasteiger partial charge < -0.3 is 14.1 Å². The van der Waals surface area contributed by atoms with E-state index in [1.165, 1.54) is 27.7 Å². The van der Waals surface area contributed by atoms with Gasteiger partial charge in [-0.05, 0) is 24.5 Å². The Morgan fingerprint density at radius 3 is 3.05 bits per heavy atom. The summed E-state index contributed by atoms with van der Waals surface area (Å²) in [6, 6.07) is 6.52. The van der Waals surface area contributed by atoms with Crippen LogP contribution in [-0.2, 0) is 32.3 Å². The van der Waals surface area contributed by atoms with E-state index >= 15 is 0 Å². The van der Waals surface area contributed by atoms with Crippen LogP contribution in [0.25, 0.3) is 10.9 Å². The van der Waals surface area contributed by atoms with E-state index in [4.69, 9.17) is 4.74 Å². The first-order valence-electron chi connectivity index (χ1n) is 8.15. The van der Waals surface area contributed by atoms with E-state index in [0.717, 1.165) is 26.1 Å². The number of benzene rings is 1. The molecule has 1 atom stereocenters. The lowest BCUT2D eigenvalue weighted by atomic mass is 9.94. The molecule has 1 saturated heterocycles. The fraction of sp³-hybridized carbons (Fsp3) is 0.500. The van der Waals surface area contributed by atoms with Crippen LogP contribution in [0.1, 0.15) is 37.1 Å². The molecule has 2 aromatic rings. The fourth-order valence-electron chi connectivity index (χ4n) is 3.93. The summed E-state index contributed by atoms with van der Waals surface area (Å²) < 4.78 is 8.44. The molecule has 1 aromatic heterocycles. The highest BCUT2D eigenvalue weighted by molar-refractivity contribution is 5.88. The molecule has 4 heteroatoms. The Bertz CT molecular complexity index is 748. The number of rotatable bonds is 4. The van der Waals surface area contributed by atoms with Gasteiger partial charge >= 0.3 is 5.97 Å². The molecule has 116 valence electrons. The van der Waals surface area contributed by atoms with Crippen LogP contribution in [0.5, 0.6) is 0 Å². The summed E-state index contributed by atoms with van der Waals surface area (Å²) in [5.41, 5.74) is 4.97. The van der Waals surface area contributed by atoms with Gasteiger partial charge in [-0.3, -0.25) is 4.79 Å². The minimum absolute atomic E-state index is 0.111.